The van der Waals surface area contributed by atoms with Gasteiger partial charge in [-0.1, -0.05) is 6.07 Å². The van der Waals surface area contributed by atoms with E-state index in [0.717, 1.165) is 33.3 Å². The number of rotatable bonds is 4. The first-order chi connectivity index (χ1) is 11.1. The highest BCUT2D eigenvalue weighted by atomic mass is 16.5. The maximum Gasteiger partial charge on any atom is 0.131 e. The van der Waals surface area contributed by atoms with Gasteiger partial charge in [0.2, 0.25) is 0 Å². The Morgan fingerprint density at radius 2 is 1.91 bits per heavy atom. The van der Waals surface area contributed by atoms with Crippen LogP contribution >= 0.6 is 0 Å². The molecular weight excluding hydrogens is 290 g/mol. The molecule has 1 heterocycles. The zero-order valence-corrected chi connectivity index (χ0v) is 13.2. The summed E-state index contributed by atoms with van der Waals surface area (Å²) in [5.74, 6) is 0.755. The molecule has 2 aromatic carbocycles. The first kappa shape index (κ1) is 15.3. The molecule has 0 aliphatic heterocycles. The lowest BCUT2D eigenvalue weighted by Crippen LogP contribution is -1.95. The third-order valence-corrected chi connectivity index (χ3v) is 3.94. The maximum absolute atomic E-state index is 9.60. The average molecular weight is 309 g/mol. The fourth-order valence-electron chi connectivity index (χ4n) is 2.76. The summed E-state index contributed by atoms with van der Waals surface area (Å²) < 4.78 is 5.36. The van der Waals surface area contributed by atoms with Gasteiger partial charge >= 0.3 is 0 Å². The van der Waals surface area contributed by atoms with Crippen LogP contribution in [-0.4, -0.2) is 28.9 Å². The summed E-state index contributed by atoms with van der Waals surface area (Å²) in [6, 6.07) is 13.1. The minimum absolute atomic E-state index is 0.140. The Morgan fingerprint density at radius 1 is 1.09 bits per heavy atom. The third-order valence-electron chi connectivity index (χ3n) is 3.94. The third kappa shape index (κ3) is 2.98. The molecule has 23 heavy (non-hydrogen) atoms. The van der Waals surface area contributed by atoms with E-state index >= 15 is 0 Å². The number of pyridine rings is 1. The van der Waals surface area contributed by atoms with Crippen molar-refractivity contribution in [2.45, 2.75) is 13.3 Å². The largest absolute Gasteiger partial charge is 0.508 e. The highest BCUT2D eigenvalue weighted by Crippen LogP contribution is 2.33. The van der Waals surface area contributed by atoms with Gasteiger partial charge in [0.25, 0.3) is 0 Å². The van der Waals surface area contributed by atoms with Crippen LogP contribution in [0.5, 0.6) is 11.5 Å². The van der Waals surface area contributed by atoms with Crippen LogP contribution in [0.15, 0.2) is 42.5 Å². The molecule has 0 amide bonds. The minimum atomic E-state index is 0.140. The number of methoxy groups -OCH3 is 1. The normalized spacial score (nSPS) is 10.9. The van der Waals surface area contributed by atoms with Gasteiger partial charge in [0.15, 0.2) is 0 Å². The number of hydrogen-bond donors (Lipinski definition) is 2. The zero-order valence-electron chi connectivity index (χ0n) is 13.2. The predicted molar refractivity (Wildman–Crippen MR) is 90.9 cm³/mol. The van der Waals surface area contributed by atoms with Crippen molar-refractivity contribution in [3.8, 4) is 22.8 Å². The molecule has 0 atom stereocenters. The van der Waals surface area contributed by atoms with Gasteiger partial charge < -0.3 is 14.9 Å². The molecule has 0 unspecified atom stereocenters. The summed E-state index contributed by atoms with van der Waals surface area (Å²) in [6.07, 6.45) is 0.642. The number of aromatic nitrogens is 1. The van der Waals surface area contributed by atoms with E-state index < -0.39 is 0 Å². The van der Waals surface area contributed by atoms with Crippen LogP contribution in [0.2, 0.25) is 0 Å². The molecular formula is C19H19NO3. The summed E-state index contributed by atoms with van der Waals surface area (Å²) in [5.41, 5.74) is 4.76. The first-order valence-electron chi connectivity index (χ1n) is 7.51. The number of benzene rings is 2. The zero-order chi connectivity index (χ0) is 16.4. The fourth-order valence-corrected chi connectivity index (χ4v) is 2.76. The van der Waals surface area contributed by atoms with Crippen molar-refractivity contribution in [2.75, 3.05) is 13.7 Å². The van der Waals surface area contributed by atoms with E-state index in [-0.39, 0.29) is 12.4 Å². The van der Waals surface area contributed by atoms with E-state index in [1.54, 1.807) is 19.2 Å². The van der Waals surface area contributed by atoms with Crippen molar-refractivity contribution in [1.29, 1.82) is 0 Å². The predicted octanol–water partition coefficient (Wildman–Crippen LogP) is 3.46. The van der Waals surface area contributed by atoms with Crippen LogP contribution in [0.25, 0.3) is 22.2 Å². The van der Waals surface area contributed by atoms with Crippen LogP contribution in [0.4, 0.5) is 0 Å². The summed E-state index contributed by atoms with van der Waals surface area (Å²) in [7, 11) is 1.58. The first-order valence-corrected chi connectivity index (χ1v) is 7.51. The van der Waals surface area contributed by atoms with Gasteiger partial charge in [-0.2, -0.15) is 0 Å². The van der Waals surface area contributed by atoms with Crippen LogP contribution in [-0.2, 0) is 6.42 Å². The number of phenols is 1. The van der Waals surface area contributed by atoms with Gasteiger partial charge in [0.05, 0.1) is 18.3 Å². The number of aromatic hydroxyl groups is 1. The van der Waals surface area contributed by atoms with Crippen molar-refractivity contribution < 1.29 is 14.9 Å². The number of hydrogen-bond acceptors (Lipinski definition) is 4. The summed E-state index contributed by atoms with van der Waals surface area (Å²) >= 11 is 0. The molecule has 0 radical (unpaired) electrons. The van der Waals surface area contributed by atoms with E-state index in [2.05, 4.69) is 6.07 Å². The van der Waals surface area contributed by atoms with E-state index in [1.165, 1.54) is 0 Å². The Hall–Kier alpha value is -2.59. The lowest BCUT2D eigenvalue weighted by atomic mass is 10.0. The van der Waals surface area contributed by atoms with E-state index in [1.807, 2.05) is 31.2 Å². The number of ether oxygens (including phenoxy) is 1. The van der Waals surface area contributed by atoms with Crippen molar-refractivity contribution >= 4 is 10.9 Å². The van der Waals surface area contributed by atoms with Crippen molar-refractivity contribution in [1.82, 2.24) is 4.98 Å². The van der Waals surface area contributed by atoms with Gasteiger partial charge in [0, 0.05) is 23.6 Å². The molecule has 4 nitrogen and oxygen atoms in total. The highest BCUT2D eigenvalue weighted by molar-refractivity contribution is 5.86. The number of phenolic OH excluding ortho intramolecular Hbond substituents is 1. The SMILES string of the molecule is COc1cc(O)ccc1-c1cc(C)c2cc(CCO)ccc2n1. The number of aryl methyl sites for hydroxylation is 1. The Balaban J connectivity index is 2.15. The molecule has 2 N–H and O–H groups in total. The van der Waals surface area contributed by atoms with Gasteiger partial charge in [-0.05, 0) is 54.8 Å². The number of aliphatic hydroxyl groups is 1. The van der Waals surface area contributed by atoms with Crippen molar-refractivity contribution in [3.63, 3.8) is 0 Å². The molecule has 0 aliphatic rings. The molecule has 0 saturated carbocycles. The molecule has 0 bridgehead atoms. The Bertz CT molecular complexity index is 859. The van der Waals surface area contributed by atoms with E-state index in [0.29, 0.717) is 12.2 Å². The molecule has 118 valence electrons. The lowest BCUT2D eigenvalue weighted by Gasteiger charge is -2.11. The van der Waals surface area contributed by atoms with Crippen LogP contribution in [0, 0.1) is 6.92 Å². The van der Waals surface area contributed by atoms with Crippen LogP contribution in [0.1, 0.15) is 11.1 Å². The van der Waals surface area contributed by atoms with Gasteiger partial charge in [-0.3, -0.25) is 0 Å². The van der Waals surface area contributed by atoms with Crippen molar-refractivity contribution in [3.05, 3.63) is 53.6 Å². The topological polar surface area (TPSA) is 62.6 Å². The second kappa shape index (κ2) is 6.26. The standard InChI is InChI=1S/C19H19NO3/c1-12-9-18(15-5-4-14(22)11-19(15)23-2)20-17-6-3-13(7-8-21)10-16(12)17/h3-6,9-11,21-22H,7-8H2,1-2H3. The molecule has 1 aromatic heterocycles. The Morgan fingerprint density at radius 3 is 2.65 bits per heavy atom. The number of aliphatic hydroxyl groups excluding tert-OH is 1. The van der Waals surface area contributed by atoms with Crippen molar-refractivity contribution in [2.24, 2.45) is 0 Å². The number of fused-ring (bicyclic) bond motifs is 1. The summed E-state index contributed by atoms with van der Waals surface area (Å²) in [5, 5.41) is 19.8. The fraction of sp³-hybridized carbons (Fsp3) is 0.211. The molecule has 0 aliphatic carbocycles. The molecule has 0 fully saturated rings. The molecule has 3 aromatic rings. The molecule has 0 spiro atoms. The maximum atomic E-state index is 9.60. The second-order valence-electron chi connectivity index (χ2n) is 5.53. The molecule has 3 rings (SSSR count). The Kier molecular flexibility index (Phi) is 4.17. The van der Waals surface area contributed by atoms with Crippen LogP contribution < -0.4 is 4.74 Å². The van der Waals surface area contributed by atoms with E-state index in [4.69, 9.17) is 14.8 Å². The highest BCUT2D eigenvalue weighted by Gasteiger charge is 2.11. The minimum Gasteiger partial charge on any atom is -0.508 e. The van der Waals surface area contributed by atoms with Gasteiger partial charge in [0.1, 0.15) is 11.5 Å². The number of nitrogens with zero attached hydrogens (tertiary/aromatic N) is 1. The summed E-state index contributed by atoms with van der Waals surface area (Å²) in [4.78, 5) is 4.72. The lowest BCUT2D eigenvalue weighted by molar-refractivity contribution is 0.299. The van der Waals surface area contributed by atoms with Crippen LogP contribution in [0.3, 0.4) is 0 Å². The average Bonchev–Trinajstić information content (AvgIpc) is 2.55. The Labute approximate surface area is 135 Å². The van der Waals surface area contributed by atoms with Gasteiger partial charge in [-0.25, -0.2) is 4.98 Å². The van der Waals surface area contributed by atoms with E-state index in [9.17, 15) is 5.11 Å². The smallest absolute Gasteiger partial charge is 0.131 e. The summed E-state index contributed by atoms with van der Waals surface area (Å²) in [6.45, 7) is 2.18. The molecule has 0 saturated heterocycles. The van der Waals surface area contributed by atoms with Gasteiger partial charge in [-0.15, -0.1) is 0 Å². The molecule has 4 heteroatoms. The monoisotopic (exact) mass is 309 g/mol. The quantitative estimate of drug-likeness (QED) is 0.775. The second-order valence-corrected chi connectivity index (χ2v) is 5.53.